The quantitative estimate of drug-likeness (QED) is 0.350. The second-order valence-corrected chi connectivity index (χ2v) is 10.1. The van der Waals surface area contributed by atoms with Crippen LogP contribution in [-0.4, -0.2) is 66.3 Å². The summed E-state index contributed by atoms with van der Waals surface area (Å²) in [4.78, 5) is 38.7. The highest BCUT2D eigenvalue weighted by Gasteiger charge is 2.35. The van der Waals surface area contributed by atoms with E-state index in [0.717, 1.165) is 5.56 Å². The van der Waals surface area contributed by atoms with Gasteiger partial charge in [-0.1, -0.05) is 32.9 Å². The number of hydrogen-bond donors (Lipinski definition) is 0. The number of methoxy groups -OCH3 is 2. The average molecular weight is 511 g/mol. The molecule has 3 rings (SSSR count). The van der Waals surface area contributed by atoms with Crippen LogP contribution in [0.4, 0.5) is 5.69 Å². The van der Waals surface area contributed by atoms with E-state index in [1.54, 1.807) is 26.4 Å². The Morgan fingerprint density at radius 2 is 1.76 bits per heavy atom. The summed E-state index contributed by atoms with van der Waals surface area (Å²) in [6.07, 6.45) is 0.715. The molecule has 0 spiro atoms. The van der Waals surface area contributed by atoms with Crippen molar-refractivity contribution in [2.75, 3.05) is 33.9 Å². The van der Waals surface area contributed by atoms with E-state index in [9.17, 15) is 19.7 Å². The minimum atomic E-state index is -0.459. The number of nitro groups is 1. The van der Waals surface area contributed by atoms with Gasteiger partial charge in [0.2, 0.25) is 5.91 Å². The number of ether oxygens (including phenoxy) is 2. The van der Waals surface area contributed by atoms with Crippen LogP contribution in [0.2, 0.25) is 0 Å². The molecule has 1 atom stereocenters. The standard InChI is InChI=1S/C27H34N4O6/c1-27(2,3)17-25(32)29(14-15-36-4)18-26(33)30-24(20-8-12-22(37-5)13-9-20)16-23(28-30)19-6-10-21(11-7-19)31(34)35/h6-13,24H,14-18H2,1-5H3. The molecule has 0 radical (unpaired) electrons. The largest absolute Gasteiger partial charge is 0.497 e. The highest BCUT2D eigenvalue weighted by Crippen LogP contribution is 2.34. The summed E-state index contributed by atoms with van der Waals surface area (Å²) in [7, 11) is 3.13. The Morgan fingerprint density at radius 3 is 2.30 bits per heavy atom. The second kappa shape index (κ2) is 12.0. The topological polar surface area (TPSA) is 115 Å². The fraction of sp³-hybridized carbons (Fsp3) is 0.444. The monoisotopic (exact) mass is 510 g/mol. The maximum Gasteiger partial charge on any atom is 0.269 e. The number of carbonyl (C=O) groups excluding carboxylic acids is 2. The third-order valence-corrected chi connectivity index (χ3v) is 6.00. The molecule has 1 unspecified atom stereocenters. The van der Waals surface area contributed by atoms with Crippen molar-refractivity contribution in [3.05, 3.63) is 69.8 Å². The molecular formula is C27H34N4O6. The van der Waals surface area contributed by atoms with E-state index in [2.05, 4.69) is 5.10 Å². The molecule has 2 aromatic carbocycles. The first-order chi connectivity index (χ1) is 17.5. The highest BCUT2D eigenvalue weighted by molar-refractivity contribution is 6.03. The maximum atomic E-state index is 13.6. The van der Waals surface area contributed by atoms with Crippen LogP contribution in [0.3, 0.4) is 0 Å². The van der Waals surface area contributed by atoms with Crippen LogP contribution in [0.25, 0.3) is 0 Å². The molecule has 0 saturated heterocycles. The van der Waals surface area contributed by atoms with Crippen LogP contribution < -0.4 is 4.74 Å². The predicted molar refractivity (Wildman–Crippen MR) is 139 cm³/mol. The van der Waals surface area contributed by atoms with Crippen LogP contribution in [0, 0.1) is 15.5 Å². The van der Waals surface area contributed by atoms with Gasteiger partial charge in [0.15, 0.2) is 0 Å². The minimum Gasteiger partial charge on any atom is -0.497 e. The highest BCUT2D eigenvalue weighted by atomic mass is 16.6. The molecule has 0 saturated carbocycles. The number of amides is 2. The Balaban J connectivity index is 1.90. The summed E-state index contributed by atoms with van der Waals surface area (Å²) >= 11 is 0. The van der Waals surface area contributed by atoms with Gasteiger partial charge in [0.05, 0.1) is 30.4 Å². The Labute approximate surface area is 217 Å². The van der Waals surface area contributed by atoms with Gasteiger partial charge in [0.1, 0.15) is 12.3 Å². The average Bonchev–Trinajstić information content (AvgIpc) is 3.31. The number of hydrazone groups is 1. The molecule has 198 valence electrons. The molecule has 10 nitrogen and oxygen atoms in total. The predicted octanol–water partition coefficient (Wildman–Crippen LogP) is 4.19. The van der Waals surface area contributed by atoms with Crippen molar-refractivity contribution in [3.63, 3.8) is 0 Å². The van der Waals surface area contributed by atoms with Gasteiger partial charge in [-0.15, -0.1) is 0 Å². The van der Waals surface area contributed by atoms with Gasteiger partial charge in [0, 0.05) is 38.6 Å². The number of benzene rings is 2. The van der Waals surface area contributed by atoms with E-state index in [1.165, 1.54) is 22.0 Å². The molecule has 0 bridgehead atoms. The molecule has 1 aliphatic heterocycles. The van der Waals surface area contributed by atoms with E-state index in [4.69, 9.17) is 9.47 Å². The summed E-state index contributed by atoms with van der Waals surface area (Å²) in [6.45, 7) is 6.38. The van der Waals surface area contributed by atoms with Gasteiger partial charge in [-0.05, 0) is 40.8 Å². The molecule has 1 heterocycles. The number of carbonyl (C=O) groups is 2. The van der Waals surface area contributed by atoms with Crippen molar-refractivity contribution in [1.82, 2.24) is 9.91 Å². The minimum absolute atomic E-state index is 0.0203. The lowest BCUT2D eigenvalue weighted by molar-refractivity contribution is -0.384. The zero-order valence-corrected chi connectivity index (χ0v) is 22.0. The molecule has 10 heteroatoms. The van der Waals surface area contributed by atoms with Crippen LogP contribution in [0.15, 0.2) is 53.6 Å². The van der Waals surface area contributed by atoms with Gasteiger partial charge in [-0.3, -0.25) is 19.7 Å². The molecule has 2 aromatic rings. The maximum absolute atomic E-state index is 13.6. The van der Waals surface area contributed by atoms with Gasteiger partial charge >= 0.3 is 0 Å². The van der Waals surface area contributed by atoms with Crippen LogP contribution in [-0.2, 0) is 14.3 Å². The summed E-state index contributed by atoms with van der Waals surface area (Å²) in [6, 6.07) is 13.1. The first-order valence-corrected chi connectivity index (χ1v) is 12.1. The Morgan fingerprint density at radius 1 is 1.11 bits per heavy atom. The number of nitro benzene ring substituents is 1. The SMILES string of the molecule is COCCN(CC(=O)N1N=C(c2ccc([N+](=O)[O-])cc2)CC1c1ccc(OC)cc1)C(=O)CC(C)(C)C. The lowest BCUT2D eigenvalue weighted by atomic mass is 9.91. The fourth-order valence-corrected chi connectivity index (χ4v) is 4.07. The zero-order valence-electron chi connectivity index (χ0n) is 22.0. The first kappa shape index (κ1) is 27.8. The summed E-state index contributed by atoms with van der Waals surface area (Å²) in [5.74, 6) is 0.239. The van der Waals surface area contributed by atoms with E-state index in [-0.39, 0.29) is 36.0 Å². The van der Waals surface area contributed by atoms with E-state index < -0.39 is 11.0 Å². The summed E-state index contributed by atoms with van der Waals surface area (Å²) < 4.78 is 10.4. The lowest BCUT2D eigenvalue weighted by Crippen LogP contribution is -2.43. The molecule has 0 aliphatic carbocycles. The molecular weight excluding hydrogens is 476 g/mol. The molecule has 2 amide bonds. The summed E-state index contributed by atoms with van der Waals surface area (Å²) in [5, 5.41) is 17.1. The number of non-ortho nitro benzene ring substituents is 1. The molecule has 37 heavy (non-hydrogen) atoms. The van der Waals surface area contributed by atoms with Crippen molar-refractivity contribution in [3.8, 4) is 5.75 Å². The van der Waals surface area contributed by atoms with E-state index in [1.807, 2.05) is 45.0 Å². The normalized spacial score (nSPS) is 15.3. The molecule has 0 fully saturated rings. The van der Waals surface area contributed by atoms with Crippen LogP contribution in [0.5, 0.6) is 5.75 Å². The molecule has 1 aliphatic rings. The van der Waals surface area contributed by atoms with Gasteiger partial charge in [-0.2, -0.15) is 5.10 Å². The Bertz CT molecular complexity index is 1140. The zero-order chi connectivity index (χ0) is 27.2. The molecule has 0 aromatic heterocycles. The number of rotatable bonds is 10. The number of nitrogens with zero attached hydrogens (tertiary/aromatic N) is 4. The summed E-state index contributed by atoms with van der Waals surface area (Å²) in [5.41, 5.74) is 1.94. The second-order valence-electron chi connectivity index (χ2n) is 10.1. The third-order valence-electron chi connectivity index (χ3n) is 6.00. The van der Waals surface area contributed by atoms with Crippen molar-refractivity contribution in [2.24, 2.45) is 10.5 Å². The van der Waals surface area contributed by atoms with Crippen molar-refractivity contribution >= 4 is 23.2 Å². The van der Waals surface area contributed by atoms with Gasteiger partial charge in [-0.25, -0.2) is 5.01 Å². The third kappa shape index (κ3) is 7.36. The Hall–Kier alpha value is -3.79. The first-order valence-electron chi connectivity index (χ1n) is 12.1. The van der Waals surface area contributed by atoms with Gasteiger partial charge in [0.25, 0.3) is 11.6 Å². The van der Waals surface area contributed by atoms with Crippen molar-refractivity contribution in [2.45, 2.75) is 39.7 Å². The van der Waals surface area contributed by atoms with Crippen molar-refractivity contribution in [1.29, 1.82) is 0 Å². The van der Waals surface area contributed by atoms with Crippen molar-refractivity contribution < 1.29 is 24.0 Å². The van der Waals surface area contributed by atoms with E-state index in [0.29, 0.717) is 36.5 Å². The number of hydrogen-bond acceptors (Lipinski definition) is 7. The van der Waals surface area contributed by atoms with Crippen LogP contribution in [0.1, 0.15) is 50.8 Å². The smallest absolute Gasteiger partial charge is 0.269 e. The van der Waals surface area contributed by atoms with Crippen LogP contribution >= 0.6 is 0 Å². The lowest BCUT2D eigenvalue weighted by Gasteiger charge is -2.29. The fourth-order valence-electron chi connectivity index (χ4n) is 4.07. The molecule has 0 N–H and O–H groups in total. The van der Waals surface area contributed by atoms with Gasteiger partial charge < -0.3 is 14.4 Å². The van der Waals surface area contributed by atoms with E-state index >= 15 is 0 Å². The Kier molecular flexibility index (Phi) is 8.99.